The highest BCUT2D eigenvalue weighted by Gasteiger charge is 2.33. The molecule has 3 aromatic rings. The van der Waals surface area contributed by atoms with Crippen molar-refractivity contribution in [2.24, 2.45) is 0 Å². The summed E-state index contributed by atoms with van der Waals surface area (Å²) >= 11 is 0. The smallest absolute Gasteiger partial charge is 0.269 e. The normalized spacial score (nSPS) is 14.0. The molecule has 1 aromatic heterocycles. The van der Waals surface area contributed by atoms with Gasteiger partial charge in [0.25, 0.3) is 11.6 Å². The summed E-state index contributed by atoms with van der Waals surface area (Å²) in [4.78, 5) is 23.4. The largest absolute Gasteiger partial charge is 0.494 e. The van der Waals surface area contributed by atoms with Gasteiger partial charge in [0.05, 0.1) is 34.4 Å². The number of nitrogens with one attached hydrogen (secondary N) is 1. The van der Waals surface area contributed by atoms with Gasteiger partial charge in [-0.15, -0.1) is 0 Å². The van der Waals surface area contributed by atoms with Crippen molar-refractivity contribution in [2.75, 3.05) is 11.9 Å². The highest BCUT2D eigenvalue weighted by Crippen LogP contribution is 2.33. The number of nitro benzene ring substituents is 1. The molecule has 0 bridgehead atoms. The lowest BCUT2D eigenvalue weighted by Gasteiger charge is -2.12. The van der Waals surface area contributed by atoms with Crippen LogP contribution in [0.25, 0.3) is 5.69 Å². The molecule has 0 spiro atoms. The third-order valence-electron chi connectivity index (χ3n) is 5.21. The maximum atomic E-state index is 12.9. The molecular weight excluding hydrogens is 448 g/mol. The summed E-state index contributed by atoms with van der Waals surface area (Å²) in [5.41, 5.74) is 1.50. The second kappa shape index (κ2) is 9.02. The van der Waals surface area contributed by atoms with Crippen molar-refractivity contribution in [3.63, 3.8) is 0 Å². The van der Waals surface area contributed by atoms with E-state index in [-0.39, 0.29) is 23.0 Å². The van der Waals surface area contributed by atoms with Gasteiger partial charge in [-0.1, -0.05) is 13.3 Å². The van der Waals surface area contributed by atoms with Gasteiger partial charge < -0.3 is 10.1 Å². The number of carbonyl (C=O) groups is 1. The fraction of sp³-hybridized carbons (Fsp3) is 0.273. The maximum Gasteiger partial charge on any atom is 0.269 e. The van der Waals surface area contributed by atoms with E-state index in [1.807, 2.05) is 0 Å². The first-order valence-corrected chi connectivity index (χ1v) is 12.2. The first-order valence-electron chi connectivity index (χ1n) is 10.4. The average Bonchev–Trinajstić information content (AvgIpc) is 3.26. The van der Waals surface area contributed by atoms with Crippen LogP contribution in [-0.4, -0.2) is 35.6 Å². The minimum atomic E-state index is -3.35. The van der Waals surface area contributed by atoms with Crippen LogP contribution in [0.4, 0.5) is 11.5 Å². The Bertz CT molecular complexity index is 1300. The molecule has 172 valence electrons. The monoisotopic (exact) mass is 470 g/mol. The Labute approximate surface area is 190 Å². The van der Waals surface area contributed by atoms with E-state index in [0.717, 1.165) is 12.8 Å². The summed E-state index contributed by atoms with van der Waals surface area (Å²) < 4.78 is 31.3. The van der Waals surface area contributed by atoms with Crippen molar-refractivity contribution in [1.82, 2.24) is 9.78 Å². The molecule has 0 unspecified atom stereocenters. The highest BCUT2D eigenvalue weighted by atomic mass is 32.2. The zero-order chi connectivity index (χ0) is 23.6. The van der Waals surface area contributed by atoms with Crippen LogP contribution in [0, 0.1) is 10.1 Å². The summed E-state index contributed by atoms with van der Waals surface area (Å²) in [5.74, 6) is -0.0224. The van der Waals surface area contributed by atoms with E-state index in [9.17, 15) is 23.3 Å². The van der Waals surface area contributed by atoms with E-state index in [0.29, 0.717) is 34.9 Å². The molecule has 1 aliphatic rings. The number of benzene rings is 2. The van der Waals surface area contributed by atoms with Gasteiger partial charge in [0, 0.05) is 23.3 Å². The van der Waals surface area contributed by atoms with E-state index in [1.54, 1.807) is 24.3 Å². The van der Waals surface area contributed by atoms with Gasteiger partial charge in [-0.3, -0.25) is 14.9 Å². The van der Waals surface area contributed by atoms with Crippen molar-refractivity contribution < 1.29 is 22.9 Å². The molecule has 0 saturated heterocycles. The number of anilines is 1. The Morgan fingerprint density at radius 3 is 2.48 bits per heavy atom. The number of unbranched alkanes of at least 4 members (excludes halogenated alkanes) is 1. The molecule has 0 aliphatic carbocycles. The van der Waals surface area contributed by atoms with Crippen LogP contribution in [0.15, 0.2) is 48.5 Å². The summed E-state index contributed by atoms with van der Waals surface area (Å²) in [6, 6.07) is 12.3. The van der Waals surface area contributed by atoms with Gasteiger partial charge in [-0.05, 0) is 42.8 Å². The lowest BCUT2D eigenvalue weighted by Crippen LogP contribution is -2.17. The second-order valence-corrected chi connectivity index (χ2v) is 9.74. The number of rotatable bonds is 8. The summed E-state index contributed by atoms with van der Waals surface area (Å²) in [7, 11) is -3.35. The number of sulfone groups is 1. The van der Waals surface area contributed by atoms with Crippen LogP contribution in [-0.2, 0) is 21.3 Å². The molecule has 4 rings (SSSR count). The first kappa shape index (κ1) is 22.5. The number of amides is 1. The third-order valence-corrected chi connectivity index (χ3v) is 6.65. The van der Waals surface area contributed by atoms with Crippen LogP contribution in [0.3, 0.4) is 0 Å². The lowest BCUT2D eigenvalue weighted by molar-refractivity contribution is -0.384. The Morgan fingerprint density at radius 1 is 1.15 bits per heavy atom. The van der Waals surface area contributed by atoms with Gasteiger partial charge in [0.15, 0.2) is 9.84 Å². The molecule has 1 N–H and O–H groups in total. The zero-order valence-corrected chi connectivity index (χ0v) is 18.7. The van der Waals surface area contributed by atoms with E-state index in [2.05, 4.69) is 17.3 Å². The van der Waals surface area contributed by atoms with Gasteiger partial charge in [-0.2, -0.15) is 5.10 Å². The number of ether oxygens (including phenoxy) is 1. The van der Waals surface area contributed by atoms with Crippen molar-refractivity contribution in [3.8, 4) is 11.4 Å². The van der Waals surface area contributed by atoms with Crippen LogP contribution < -0.4 is 10.1 Å². The summed E-state index contributed by atoms with van der Waals surface area (Å²) in [5, 5.41) is 18.1. The molecule has 0 fully saturated rings. The van der Waals surface area contributed by atoms with Crippen LogP contribution in [0.1, 0.15) is 41.4 Å². The molecule has 0 radical (unpaired) electrons. The predicted octanol–water partition coefficient (Wildman–Crippen LogP) is 3.64. The minimum absolute atomic E-state index is 0.0899. The molecule has 2 aromatic carbocycles. The standard InChI is InChI=1S/C22H22N4O6S/c1-2-3-12-32-18-10-4-15(5-11-18)22(27)23-21-19-13-33(30,31)14-20(19)24-25(21)16-6-8-17(9-7-16)26(28)29/h4-11H,2-3,12-14H2,1H3,(H,23,27). The van der Waals surface area contributed by atoms with E-state index in [4.69, 9.17) is 4.74 Å². The van der Waals surface area contributed by atoms with E-state index < -0.39 is 20.7 Å². The second-order valence-electron chi connectivity index (χ2n) is 7.67. The van der Waals surface area contributed by atoms with Crippen LogP contribution in [0.5, 0.6) is 5.75 Å². The summed E-state index contributed by atoms with van der Waals surface area (Å²) in [6.07, 6.45) is 1.95. The Hall–Kier alpha value is -3.73. The van der Waals surface area contributed by atoms with Crippen LogP contribution >= 0.6 is 0 Å². The molecule has 11 heteroatoms. The molecule has 0 atom stereocenters. The lowest BCUT2D eigenvalue weighted by atomic mass is 10.2. The maximum absolute atomic E-state index is 12.9. The molecule has 0 saturated carbocycles. The number of non-ortho nitro benzene ring substituents is 1. The molecule has 1 aliphatic heterocycles. The third kappa shape index (κ3) is 4.87. The van der Waals surface area contributed by atoms with Crippen LogP contribution in [0.2, 0.25) is 0 Å². The Balaban J connectivity index is 1.62. The molecular formula is C22H22N4O6S. The molecule has 10 nitrogen and oxygen atoms in total. The number of hydrogen-bond acceptors (Lipinski definition) is 7. The van der Waals surface area contributed by atoms with Gasteiger partial charge in [0.1, 0.15) is 11.6 Å². The molecule has 2 heterocycles. The van der Waals surface area contributed by atoms with Crippen molar-refractivity contribution in [3.05, 3.63) is 75.5 Å². The fourth-order valence-corrected chi connectivity index (χ4v) is 4.98. The van der Waals surface area contributed by atoms with Crippen molar-refractivity contribution >= 4 is 27.2 Å². The fourth-order valence-electron chi connectivity index (χ4n) is 3.49. The van der Waals surface area contributed by atoms with Gasteiger partial charge >= 0.3 is 0 Å². The highest BCUT2D eigenvalue weighted by molar-refractivity contribution is 7.90. The zero-order valence-electron chi connectivity index (χ0n) is 17.9. The number of hydrogen-bond donors (Lipinski definition) is 1. The number of aromatic nitrogens is 2. The average molecular weight is 471 g/mol. The van der Waals surface area contributed by atoms with E-state index >= 15 is 0 Å². The topological polar surface area (TPSA) is 133 Å². The Morgan fingerprint density at radius 2 is 1.85 bits per heavy atom. The van der Waals surface area contributed by atoms with E-state index in [1.165, 1.54) is 28.9 Å². The number of fused-ring (bicyclic) bond motifs is 1. The molecule has 1 amide bonds. The summed E-state index contributed by atoms with van der Waals surface area (Å²) in [6.45, 7) is 2.66. The quantitative estimate of drug-likeness (QED) is 0.302. The number of carbonyl (C=O) groups excluding carboxylic acids is 1. The minimum Gasteiger partial charge on any atom is -0.494 e. The van der Waals surface area contributed by atoms with Crippen molar-refractivity contribution in [2.45, 2.75) is 31.3 Å². The van der Waals surface area contributed by atoms with Crippen molar-refractivity contribution in [1.29, 1.82) is 0 Å². The number of nitrogens with zero attached hydrogens (tertiary/aromatic N) is 3. The van der Waals surface area contributed by atoms with Gasteiger partial charge in [-0.25, -0.2) is 13.1 Å². The predicted molar refractivity (Wildman–Crippen MR) is 121 cm³/mol. The Kier molecular flexibility index (Phi) is 6.14. The number of nitro groups is 1. The van der Waals surface area contributed by atoms with Gasteiger partial charge in [0.2, 0.25) is 0 Å². The SMILES string of the molecule is CCCCOc1ccc(C(=O)Nc2c3c(nn2-c2ccc([N+](=O)[O-])cc2)CS(=O)(=O)C3)cc1. The first-order chi connectivity index (χ1) is 15.8. The molecule has 33 heavy (non-hydrogen) atoms.